The van der Waals surface area contributed by atoms with Crippen LogP contribution >= 0.6 is 0 Å². The lowest BCUT2D eigenvalue weighted by atomic mass is 10.1. The van der Waals surface area contributed by atoms with Gasteiger partial charge in [0.2, 0.25) is 0 Å². The van der Waals surface area contributed by atoms with Crippen molar-refractivity contribution in [2.24, 2.45) is 5.73 Å². The average molecular weight is 381 g/mol. The van der Waals surface area contributed by atoms with Crippen molar-refractivity contribution in [2.75, 3.05) is 11.9 Å². The normalized spacial score (nSPS) is 12.5. The van der Waals surface area contributed by atoms with Crippen molar-refractivity contribution in [2.45, 2.75) is 19.4 Å². The van der Waals surface area contributed by atoms with Crippen molar-refractivity contribution in [3.63, 3.8) is 0 Å². The maximum Gasteiger partial charge on any atom is 0.168 e. The third kappa shape index (κ3) is 3.18. The first-order chi connectivity index (χ1) is 13.5. The third-order valence-electron chi connectivity index (χ3n) is 4.56. The number of aromatic nitrogens is 3. The molecule has 4 N–H and O–H groups in total. The molecule has 0 fully saturated rings. The van der Waals surface area contributed by atoms with E-state index < -0.39 is 0 Å². The van der Waals surface area contributed by atoms with E-state index in [4.69, 9.17) is 10.2 Å². The van der Waals surface area contributed by atoms with Crippen LogP contribution in [-0.2, 0) is 6.42 Å². The highest BCUT2D eigenvalue weighted by atomic mass is 19.1. The van der Waals surface area contributed by atoms with Gasteiger partial charge in [0.1, 0.15) is 28.7 Å². The zero-order chi connectivity index (χ0) is 19.8. The lowest BCUT2D eigenvalue weighted by molar-refractivity contribution is 0.514. The van der Waals surface area contributed by atoms with Crippen LogP contribution in [0.15, 0.2) is 47.7 Å². The number of nitrogens with zero attached hydrogens (tertiary/aromatic N) is 3. The van der Waals surface area contributed by atoms with E-state index in [1.54, 1.807) is 16.8 Å². The lowest BCUT2D eigenvalue weighted by Crippen LogP contribution is -2.09. The van der Waals surface area contributed by atoms with Gasteiger partial charge in [-0.15, -0.1) is 0 Å². The molecule has 8 heteroatoms. The molecule has 4 aromatic rings. The largest absolute Gasteiger partial charge is 0.508 e. The highest BCUT2D eigenvalue weighted by Gasteiger charge is 2.17. The summed E-state index contributed by atoms with van der Waals surface area (Å²) in [4.78, 5) is 4.49. The quantitative estimate of drug-likeness (QED) is 0.439. The van der Waals surface area contributed by atoms with Crippen LogP contribution in [0.3, 0.4) is 0 Å². The fourth-order valence-corrected chi connectivity index (χ4v) is 3.24. The standard InChI is InChI=1S/C20H20FN5O2/c1-11(16-9-14(21)7-13-8-15(3-5-22)28-19(13)16)24-18-4-6-26-20(25-18)17(10-23-26)12(2)27/h4,6-11,27H,2-3,5,22H2,1H3,(H,24,25)/t11-/m1/s1. The van der Waals surface area contributed by atoms with Crippen LogP contribution in [0.25, 0.3) is 22.4 Å². The average Bonchev–Trinajstić information content (AvgIpc) is 3.24. The van der Waals surface area contributed by atoms with Gasteiger partial charge in [-0.2, -0.15) is 5.10 Å². The molecule has 0 saturated heterocycles. The number of nitrogens with one attached hydrogen (secondary N) is 1. The molecule has 144 valence electrons. The Labute approximate surface area is 160 Å². The summed E-state index contributed by atoms with van der Waals surface area (Å²) in [6.45, 7) is 5.88. The molecule has 0 radical (unpaired) electrons. The smallest absolute Gasteiger partial charge is 0.168 e. The molecule has 3 heterocycles. The number of benzene rings is 1. The molecular formula is C20H20FN5O2. The molecule has 7 nitrogen and oxygen atoms in total. The van der Waals surface area contributed by atoms with Crippen LogP contribution in [0.2, 0.25) is 0 Å². The minimum absolute atomic E-state index is 0.109. The number of rotatable bonds is 6. The van der Waals surface area contributed by atoms with Gasteiger partial charge in [-0.25, -0.2) is 13.9 Å². The minimum atomic E-state index is -0.339. The zero-order valence-electron chi connectivity index (χ0n) is 15.3. The molecule has 0 saturated carbocycles. The number of aliphatic hydroxyl groups is 1. The number of halogens is 1. The summed E-state index contributed by atoms with van der Waals surface area (Å²) in [6.07, 6.45) is 3.80. The fraction of sp³-hybridized carbons (Fsp3) is 0.200. The van der Waals surface area contributed by atoms with Crippen LogP contribution in [0, 0.1) is 5.82 Å². The second-order valence-corrected chi connectivity index (χ2v) is 6.62. The zero-order valence-corrected chi connectivity index (χ0v) is 15.3. The summed E-state index contributed by atoms with van der Waals surface area (Å²) in [5.41, 5.74) is 7.82. The van der Waals surface area contributed by atoms with Gasteiger partial charge >= 0.3 is 0 Å². The van der Waals surface area contributed by atoms with E-state index in [1.807, 2.05) is 13.0 Å². The summed E-state index contributed by atoms with van der Waals surface area (Å²) >= 11 is 0. The maximum absolute atomic E-state index is 14.1. The molecule has 0 spiro atoms. The molecule has 1 atom stereocenters. The Morgan fingerprint density at radius 3 is 3.00 bits per heavy atom. The van der Waals surface area contributed by atoms with Gasteiger partial charge in [-0.05, 0) is 37.7 Å². The van der Waals surface area contributed by atoms with E-state index in [1.165, 1.54) is 18.3 Å². The van der Waals surface area contributed by atoms with Gasteiger partial charge in [0.25, 0.3) is 0 Å². The van der Waals surface area contributed by atoms with E-state index in [9.17, 15) is 9.50 Å². The number of nitrogens with two attached hydrogens (primary N) is 1. The van der Waals surface area contributed by atoms with Crippen molar-refractivity contribution < 1.29 is 13.9 Å². The van der Waals surface area contributed by atoms with Crippen LogP contribution < -0.4 is 11.1 Å². The number of aliphatic hydroxyl groups excluding tert-OH is 1. The van der Waals surface area contributed by atoms with Crippen LogP contribution in [0.1, 0.15) is 29.9 Å². The predicted octanol–water partition coefficient (Wildman–Crippen LogP) is 3.82. The van der Waals surface area contributed by atoms with Gasteiger partial charge in [-0.3, -0.25) is 0 Å². The Kier molecular flexibility index (Phi) is 4.48. The number of fused-ring (bicyclic) bond motifs is 2. The van der Waals surface area contributed by atoms with Gasteiger partial charge in [-0.1, -0.05) is 6.58 Å². The second-order valence-electron chi connectivity index (χ2n) is 6.62. The fourth-order valence-electron chi connectivity index (χ4n) is 3.24. The van der Waals surface area contributed by atoms with Gasteiger partial charge in [0, 0.05) is 23.6 Å². The summed E-state index contributed by atoms with van der Waals surface area (Å²) in [5.74, 6) is 0.826. The molecule has 0 aliphatic carbocycles. The second kappa shape index (κ2) is 6.97. The van der Waals surface area contributed by atoms with Gasteiger partial charge < -0.3 is 20.6 Å². The Morgan fingerprint density at radius 1 is 1.43 bits per heavy atom. The molecule has 0 aliphatic heterocycles. The molecule has 0 aliphatic rings. The predicted molar refractivity (Wildman–Crippen MR) is 106 cm³/mol. The SMILES string of the molecule is C=C(O)c1cnn2ccc(N[C@H](C)c3cc(F)cc4cc(CCN)oc34)nc12. The molecular weight excluding hydrogens is 361 g/mol. The van der Waals surface area contributed by atoms with Crippen molar-refractivity contribution in [3.05, 3.63) is 65.9 Å². The molecule has 0 unspecified atom stereocenters. The molecule has 0 amide bonds. The van der Waals surface area contributed by atoms with Crippen molar-refractivity contribution in [1.29, 1.82) is 0 Å². The maximum atomic E-state index is 14.1. The monoisotopic (exact) mass is 381 g/mol. The Hall–Kier alpha value is -3.39. The highest BCUT2D eigenvalue weighted by molar-refractivity contribution is 5.82. The molecule has 1 aromatic carbocycles. The molecule has 3 aromatic heterocycles. The first kappa shape index (κ1) is 18.0. The first-order valence-corrected chi connectivity index (χ1v) is 8.87. The van der Waals surface area contributed by atoms with E-state index in [2.05, 4.69) is 22.0 Å². The Morgan fingerprint density at radius 2 is 2.25 bits per heavy atom. The van der Waals surface area contributed by atoms with E-state index in [0.29, 0.717) is 46.5 Å². The number of hydrogen-bond donors (Lipinski definition) is 3. The van der Waals surface area contributed by atoms with Crippen LogP contribution in [0.4, 0.5) is 10.2 Å². The topological polar surface area (TPSA) is 102 Å². The lowest BCUT2D eigenvalue weighted by Gasteiger charge is -2.16. The minimum Gasteiger partial charge on any atom is -0.508 e. The summed E-state index contributed by atoms with van der Waals surface area (Å²) in [6, 6.07) is 6.18. The molecule has 0 bridgehead atoms. The Bertz CT molecular complexity index is 1180. The number of hydrogen-bond acceptors (Lipinski definition) is 6. The van der Waals surface area contributed by atoms with Gasteiger partial charge in [0.15, 0.2) is 5.65 Å². The van der Waals surface area contributed by atoms with Gasteiger partial charge in [0.05, 0.1) is 17.8 Å². The third-order valence-corrected chi connectivity index (χ3v) is 4.56. The van der Waals surface area contributed by atoms with Crippen LogP contribution in [-0.4, -0.2) is 26.2 Å². The van der Waals surface area contributed by atoms with Crippen molar-refractivity contribution in [3.8, 4) is 0 Å². The first-order valence-electron chi connectivity index (χ1n) is 8.87. The summed E-state index contributed by atoms with van der Waals surface area (Å²) in [7, 11) is 0. The number of anilines is 1. The molecule has 4 rings (SSSR count). The van der Waals surface area contributed by atoms with E-state index >= 15 is 0 Å². The van der Waals surface area contributed by atoms with Crippen LogP contribution in [0.5, 0.6) is 0 Å². The molecule has 28 heavy (non-hydrogen) atoms. The van der Waals surface area contributed by atoms with Crippen molar-refractivity contribution >= 4 is 28.2 Å². The van der Waals surface area contributed by atoms with Crippen molar-refractivity contribution in [1.82, 2.24) is 14.6 Å². The Balaban J connectivity index is 1.70. The highest BCUT2D eigenvalue weighted by Crippen LogP contribution is 2.30. The number of furan rings is 1. The summed E-state index contributed by atoms with van der Waals surface area (Å²) < 4.78 is 21.6. The summed E-state index contributed by atoms with van der Waals surface area (Å²) in [5, 5.41) is 17.8. The van der Waals surface area contributed by atoms with E-state index in [0.717, 1.165) is 5.76 Å². The van der Waals surface area contributed by atoms with E-state index in [-0.39, 0.29) is 17.6 Å².